The molecule has 0 radical (unpaired) electrons. The molecule has 0 bridgehead atoms. The number of nitrogens with one attached hydrogen (secondary N) is 1. The summed E-state index contributed by atoms with van der Waals surface area (Å²) in [5.41, 5.74) is -0.154. The fourth-order valence-corrected chi connectivity index (χ4v) is 2.33. The molecule has 2 rings (SSSR count). The van der Waals surface area contributed by atoms with E-state index in [4.69, 9.17) is 9.47 Å². The number of hydrogen-bond acceptors (Lipinski definition) is 5. The van der Waals surface area contributed by atoms with Crippen molar-refractivity contribution in [1.29, 1.82) is 0 Å². The van der Waals surface area contributed by atoms with Crippen molar-refractivity contribution < 1.29 is 19.2 Å². The van der Waals surface area contributed by atoms with Crippen LogP contribution in [0.4, 0.5) is 11.4 Å². The van der Waals surface area contributed by atoms with Crippen LogP contribution in [0.1, 0.15) is 0 Å². The maximum Gasteiger partial charge on any atom is 0.296 e. The van der Waals surface area contributed by atoms with Gasteiger partial charge in [0, 0.05) is 0 Å². The highest BCUT2D eigenvalue weighted by molar-refractivity contribution is 14.1. The third kappa shape index (κ3) is 4.55. The van der Waals surface area contributed by atoms with Crippen LogP contribution in [0.3, 0.4) is 0 Å². The number of methoxy groups -OCH3 is 1. The van der Waals surface area contributed by atoms with Gasteiger partial charge in [0.2, 0.25) is 0 Å². The fourth-order valence-electron chi connectivity index (χ4n) is 1.79. The molecule has 0 saturated heterocycles. The molecular weight excluding hydrogens is 415 g/mol. The van der Waals surface area contributed by atoms with Gasteiger partial charge in [-0.2, -0.15) is 0 Å². The number of hydrogen-bond donors (Lipinski definition) is 1. The Hall–Kier alpha value is -2.36. The van der Waals surface area contributed by atoms with E-state index in [1.54, 1.807) is 12.1 Å². The van der Waals surface area contributed by atoms with Crippen LogP contribution in [0.25, 0.3) is 0 Å². The number of amides is 1. The van der Waals surface area contributed by atoms with Gasteiger partial charge in [-0.3, -0.25) is 14.9 Å². The largest absolute Gasteiger partial charge is 0.496 e. The van der Waals surface area contributed by atoms with Gasteiger partial charge in [-0.05, 0) is 46.9 Å². The van der Waals surface area contributed by atoms with Gasteiger partial charge in [-0.25, -0.2) is 0 Å². The molecule has 0 aliphatic rings. The lowest BCUT2D eigenvalue weighted by atomic mass is 10.2. The number of benzene rings is 2. The van der Waals surface area contributed by atoms with Gasteiger partial charge < -0.3 is 14.8 Å². The average molecular weight is 428 g/mol. The minimum Gasteiger partial charge on any atom is -0.496 e. The lowest BCUT2D eigenvalue weighted by Crippen LogP contribution is -2.21. The van der Waals surface area contributed by atoms with E-state index in [1.807, 2.05) is 12.1 Å². The van der Waals surface area contributed by atoms with Crippen molar-refractivity contribution in [1.82, 2.24) is 0 Å². The Morgan fingerprint density at radius 1 is 1.30 bits per heavy atom. The Balaban J connectivity index is 2.05. The molecule has 0 heterocycles. The number of anilines is 1. The average Bonchev–Trinajstić information content (AvgIpc) is 2.54. The number of nitro groups is 1. The first-order valence-electron chi connectivity index (χ1n) is 6.51. The predicted octanol–water partition coefficient (Wildman–Crippen LogP) is 3.23. The Bertz CT molecular complexity index is 736. The molecule has 120 valence electrons. The zero-order valence-corrected chi connectivity index (χ0v) is 14.3. The van der Waals surface area contributed by atoms with Crippen molar-refractivity contribution in [3.63, 3.8) is 0 Å². The summed E-state index contributed by atoms with van der Waals surface area (Å²) in [4.78, 5) is 22.4. The molecular formula is C15H13IN2O5. The second kappa shape index (κ2) is 7.77. The monoisotopic (exact) mass is 428 g/mol. The second-order valence-electron chi connectivity index (χ2n) is 4.41. The standard InChI is InChI=1S/C15H13IN2O5/c1-22-10-6-7-12(13(8-10)18(20)21)17-15(19)9-23-14-5-3-2-4-11(14)16/h2-8H,9H2,1H3,(H,17,19). The molecule has 0 aliphatic carbocycles. The summed E-state index contributed by atoms with van der Waals surface area (Å²) >= 11 is 2.09. The number of halogens is 1. The number of nitro benzene ring substituents is 1. The van der Waals surface area contributed by atoms with Crippen LogP contribution in [0, 0.1) is 13.7 Å². The summed E-state index contributed by atoms with van der Waals surface area (Å²) in [6.07, 6.45) is 0. The first kappa shape index (κ1) is 17.0. The minimum atomic E-state index is -0.584. The Labute approximate surface area is 145 Å². The molecule has 0 spiro atoms. The van der Waals surface area contributed by atoms with Crippen LogP contribution in [-0.2, 0) is 4.79 Å². The second-order valence-corrected chi connectivity index (χ2v) is 5.57. The maximum atomic E-state index is 11.9. The summed E-state index contributed by atoms with van der Waals surface area (Å²) in [5, 5.41) is 13.5. The molecule has 0 atom stereocenters. The summed E-state index contributed by atoms with van der Waals surface area (Å²) < 4.78 is 11.2. The third-order valence-corrected chi connectivity index (χ3v) is 3.76. The van der Waals surface area contributed by atoms with Gasteiger partial charge in [-0.15, -0.1) is 0 Å². The van der Waals surface area contributed by atoms with E-state index in [0.29, 0.717) is 11.5 Å². The highest BCUT2D eigenvalue weighted by Gasteiger charge is 2.17. The summed E-state index contributed by atoms with van der Waals surface area (Å²) in [6.45, 7) is -0.247. The van der Waals surface area contributed by atoms with Gasteiger partial charge in [0.25, 0.3) is 11.6 Å². The molecule has 23 heavy (non-hydrogen) atoms. The molecule has 0 fully saturated rings. The fraction of sp³-hybridized carbons (Fsp3) is 0.133. The zero-order valence-electron chi connectivity index (χ0n) is 12.1. The molecule has 0 unspecified atom stereocenters. The van der Waals surface area contributed by atoms with E-state index >= 15 is 0 Å². The van der Waals surface area contributed by atoms with E-state index < -0.39 is 10.8 Å². The predicted molar refractivity (Wildman–Crippen MR) is 92.9 cm³/mol. The van der Waals surface area contributed by atoms with Crippen molar-refractivity contribution in [2.45, 2.75) is 0 Å². The number of para-hydroxylation sites is 1. The summed E-state index contributed by atoms with van der Waals surface area (Å²) in [5.74, 6) is 0.426. The van der Waals surface area contributed by atoms with E-state index in [1.165, 1.54) is 25.3 Å². The van der Waals surface area contributed by atoms with E-state index in [9.17, 15) is 14.9 Å². The lowest BCUT2D eigenvalue weighted by Gasteiger charge is -2.09. The number of rotatable bonds is 6. The maximum absolute atomic E-state index is 11.9. The van der Waals surface area contributed by atoms with Gasteiger partial charge in [0.15, 0.2) is 6.61 Å². The lowest BCUT2D eigenvalue weighted by molar-refractivity contribution is -0.384. The quantitative estimate of drug-likeness (QED) is 0.434. The number of ether oxygens (including phenoxy) is 2. The summed E-state index contributed by atoms with van der Waals surface area (Å²) in [7, 11) is 1.41. The van der Waals surface area contributed by atoms with Crippen LogP contribution in [-0.4, -0.2) is 24.5 Å². The first-order valence-corrected chi connectivity index (χ1v) is 7.58. The molecule has 0 saturated carbocycles. The SMILES string of the molecule is COc1ccc(NC(=O)COc2ccccc2I)c([N+](=O)[O-])c1. The molecule has 7 nitrogen and oxygen atoms in total. The van der Waals surface area contributed by atoms with Crippen molar-refractivity contribution in [3.8, 4) is 11.5 Å². The van der Waals surface area contributed by atoms with Crippen LogP contribution in [0.5, 0.6) is 11.5 Å². The van der Waals surface area contributed by atoms with E-state index in [-0.39, 0.29) is 18.0 Å². The normalized spacial score (nSPS) is 10.0. The molecule has 2 aromatic carbocycles. The highest BCUT2D eigenvalue weighted by Crippen LogP contribution is 2.29. The molecule has 0 aliphatic heterocycles. The zero-order chi connectivity index (χ0) is 16.8. The molecule has 1 N–H and O–H groups in total. The van der Waals surface area contributed by atoms with Crippen LogP contribution in [0.2, 0.25) is 0 Å². The topological polar surface area (TPSA) is 90.7 Å². The molecule has 8 heteroatoms. The Morgan fingerprint density at radius 3 is 2.70 bits per heavy atom. The number of carbonyl (C=O) groups is 1. The first-order chi connectivity index (χ1) is 11.0. The van der Waals surface area contributed by atoms with Crippen molar-refractivity contribution >= 4 is 39.9 Å². The van der Waals surface area contributed by atoms with Gasteiger partial charge in [-0.1, -0.05) is 12.1 Å². The summed E-state index contributed by atoms with van der Waals surface area (Å²) in [6, 6.07) is 11.4. The van der Waals surface area contributed by atoms with E-state index in [0.717, 1.165) is 3.57 Å². The molecule has 2 aromatic rings. The van der Waals surface area contributed by atoms with Gasteiger partial charge in [0.05, 0.1) is 21.7 Å². The molecule has 1 amide bonds. The number of nitrogens with zero attached hydrogens (tertiary/aromatic N) is 1. The van der Waals surface area contributed by atoms with Crippen molar-refractivity contribution in [2.75, 3.05) is 19.0 Å². The van der Waals surface area contributed by atoms with Gasteiger partial charge in [0.1, 0.15) is 17.2 Å². The smallest absolute Gasteiger partial charge is 0.296 e. The van der Waals surface area contributed by atoms with Crippen LogP contribution >= 0.6 is 22.6 Å². The van der Waals surface area contributed by atoms with E-state index in [2.05, 4.69) is 27.9 Å². The minimum absolute atomic E-state index is 0.0900. The third-order valence-electron chi connectivity index (χ3n) is 2.87. The molecule has 0 aromatic heterocycles. The van der Waals surface area contributed by atoms with Gasteiger partial charge >= 0.3 is 0 Å². The number of carbonyl (C=O) groups excluding carboxylic acids is 1. The highest BCUT2D eigenvalue weighted by atomic mass is 127. The van der Waals surface area contributed by atoms with Crippen molar-refractivity contribution in [2.24, 2.45) is 0 Å². The Morgan fingerprint density at radius 2 is 2.04 bits per heavy atom. The van der Waals surface area contributed by atoms with Crippen LogP contribution in [0.15, 0.2) is 42.5 Å². The van der Waals surface area contributed by atoms with Crippen molar-refractivity contribution in [3.05, 3.63) is 56.1 Å². The van der Waals surface area contributed by atoms with Crippen LogP contribution < -0.4 is 14.8 Å². The Kier molecular flexibility index (Phi) is 5.74.